The van der Waals surface area contributed by atoms with Gasteiger partial charge in [0.2, 0.25) is 0 Å². The molecule has 0 amide bonds. The van der Waals surface area contributed by atoms with Crippen LogP contribution in [0.15, 0.2) is 71.8 Å². The molecule has 0 aliphatic carbocycles. The maximum Gasteiger partial charge on any atom is 0.0778 e. The minimum atomic E-state index is 0.807. The molecule has 0 fully saturated rings. The topological polar surface area (TPSA) is 26.0 Å². The third-order valence-electron chi connectivity index (χ3n) is 3.50. The van der Waals surface area contributed by atoms with Crippen LogP contribution in [0.3, 0.4) is 0 Å². The van der Waals surface area contributed by atoms with Crippen molar-refractivity contribution in [3.63, 3.8) is 0 Å². The van der Waals surface area contributed by atoms with E-state index in [2.05, 4.69) is 68.6 Å². The molecule has 0 saturated carbocycles. The highest BCUT2D eigenvalue weighted by Gasteiger charge is 1.99. The van der Waals surface area contributed by atoms with Gasteiger partial charge in [-0.1, -0.05) is 68.8 Å². The van der Waals surface area contributed by atoms with Crippen LogP contribution in [-0.4, -0.2) is 11.6 Å². The Morgan fingerprint density at radius 1 is 1.17 bits per heavy atom. The molecule has 1 aromatic carbocycles. The number of hydrogen-bond donors (Lipinski definition) is 1. The fourth-order valence-corrected chi connectivity index (χ4v) is 3.52. The van der Waals surface area contributed by atoms with Gasteiger partial charge in [-0.3, -0.25) is 0 Å². The SMILES string of the molecule is C=C(C)/C(=C\c1ccc(C#Cc2ccccc2)s1)SC.C=C(N)CCCC.CC=S. The van der Waals surface area contributed by atoms with Crippen molar-refractivity contribution >= 4 is 46.8 Å². The van der Waals surface area contributed by atoms with Crippen molar-refractivity contribution in [2.75, 3.05) is 6.26 Å². The molecule has 0 aliphatic heterocycles. The number of thiophene rings is 1. The average molecular weight is 456 g/mol. The molecular formula is C26H33NS3. The molecule has 2 N–H and O–H groups in total. The molecule has 1 heterocycles. The van der Waals surface area contributed by atoms with E-state index < -0.39 is 0 Å². The van der Waals surface area contributed by atoms with E-state index >= 15 is 0 Å². The van der Waals surface area contributed by atoms with Gasteiger partial charge in [0.05, 0.1) is 4.88 Å². The Morgan fingerprint density at radius 3 is 2.27 bits per heavy atom. The first kappa shape index (κ1) is 27.9. The van der Waals surface area contributed by atoms with Crippen molar-refractivity contribution < 1.29 is 0 Å². The van der Waals surface area contributed by atoms with E-state index in [9.17, 15) is 0 Å². The Kier molecular flexibility index (Phi) is 16.5. The summed E-state index contributed by atoms with van der Waals surface area (Å²) < 4.78 is 0. The van der Waals surface area contributed by atoms with Gasteiger partial charge in [-0.15, -0.1) is 23.1 Å². The van der Waals surface area contributed by atoms with Crippen LogP contribution in [0.2, 0.25) is 0 Å². The molecular weight excluding hydrogens is 422 g/mol. The first-order valence-electron chi connectivity index (χ1n) is 9.79. The van der Waals surface area contributed by atoms with Crippen molar-refractivity contribution in [1.29, 1.82) is 0 Å². The van der Waals surface area contributed by atoms with E-state index in [0.29, 0.717) is 0 Å². The summed E-state index contributed by atoms with van der Waals surface area (Å²) in [5, 5.41) is 1.58. The first-order valence-corrected chi connectivity index (χ1v) is 12.3. The number of rotatable bonds is 6. The van der Waals surface area contributed by atoms with Crippen LogP contribution in [-0.2, 0) is 0 Å². The van der Waals surface area contributed by atoms with Crippen LogP contribution in [0.1, 0.15) is 55.4 Å². The largest absolute Gasteiger partial charge is 0.403 e. The minimum absolute atomic E-state index is 0.807. The summed E-state index contributed by atoms with van der Waals surface area (Å²) in [6.45, 7) is 13.6. The van der Waals surface area contributed by atoms with Crippen LogP contribution in [0.5, 0.6) is 0 Å². The van der Waals surface area contributed by atoms with Crippen molar-refractivity contribution in [3.8, 4) is 11.8 Å². The molecule has 1 nitrogen and oxygen atoms in total. The Hall–Kier alpha value is -2.06. The molecule has 2 rings (SSSR count). The molecule has 2 aromatic rings. The molecule has 0 saturated heterocycles. The molecule has 1 aromatic heterocycles. The summed E-state index contributed by atoms with van der Waals surface area (Å²) in [6.07, 6.45) is 7.61. The number of benzene rings is 1. The van der Waals surface area contributed by atoms with Crippen LogP contribution in [0, 0.1) is 11.8 Å². The van der Waals surface area contributed by atoms with Crippen molar-refractivity contribution in [3.05, 3.63) is 87.1 Å². The first-order chi connectivity index (χ1) is 14.4. The summed E-state index contributed by atoms with van der Waals surface area (Å²) in [6, 6.07) is 14.2. The fraction of sp³-hybridized carbons (Fsp3) is 0.269. The zero-order valence-electron chi connectivity index (χ0n) is 18.5. The smallest absolute Gasteiger partial charge is 0.0778 e. The van der Waals surface area contributed by atoms with Gasteiger partial charge in [-0.25, -0.2) is 0 Å². The molecule has 160 valence electrons. The average Bonchev–Trinajstić information content (AvgIpc) is 3.18. The summed E-state index contributed by atoms with van der Waals surface area (Å²) in [5.41, 5.74) is 8.24. The van der Waals surface area contributed by atoms with Gasteiger partial charge in [-0.05, 0) is 74.2 Å². The van der Waals surface area contributed by atoms with Crippen molar-refractivity contribution in [1.82, 2.24) is 0 Å². The van der Waals surface area contributed by atoms with E-state index in [0.717, 1.165) is 28.1 Å². The number of unbranched alkanes of at least 4 members (excludes halogenated alkanes) is 1. The van der Waals surface area contributed by atoms with Crippen LogP contribution in [0.4, 0.5) is 0 Å². The highest BCUT2D eigenvalue weighted by atomic mass is 32.2. The van der Waals surface area contributed by atoms with Crippen LogP contribution in [0.25, 0.3) is 6.08 Å². The monoisotopic (exact) mass is 455 g/mol. The second kappa shape index (κ2) is 17.8. The summed E-state index contributed by atoms with van der Waals surface area (Å²) in [5.74, 6) is 6.39. The minimum Gasteiger partial charge on any atom is -0.403 e. The Balaban J connectivity index is 0.000000706. The zero-order chi connectivity index (χ0) is 22.8. The molecule has 0 radical (unpaired) electrons. The second-order valence-corrected chi connectivity index (χ2v) is 8.74. The van der Waals surface area contributed by atoms with E-state index in [1.54, 1.807) is 28.5 Å². The van der Waals surface area contributed by atoms with Gasteiger partial charge < -0.3 is 5.73 Å². The molecule has 0 unspecified atom stereocenters. The third-order valence-corrected chi connectivity index (χ3v) is 5.35. The van der Waals surface area contributed by atoms with Gasteiger partial charge in [0.1, 0.15) is 0 Å². The number of thioether (sulfide) groups is 1. The second-order valence-electron chi connectivity index (χ2n) is 6.31. The van der Waals surface area contributed by atoms with Gasteiger partial charge in [0.25, 0.3) is 0 Å². The molecule has 4 heteroatoms. The maximum absolute atomic E-state index is 5.28. The maximum atomic E-state index is 5.28. The summed E-state index contributed by atoms with van der Waals surface area (Å²) >= 11 is 7.70. The lowest BCUT2D eigenvalue weighted by atomic mass is 10.2. The van der Waals surface area contributed by atoms with Crippen molar-refractivity contribution in [2.24, 2.45) is 5.73 Å². The zero-order valence-corrected chi connectivity index (χ0v) is 21.0. The van der Waals surface area contributed by atoms with Gasteiger partial charge in [0, 0.05) is 21.0 Å². The molecule has 0 bridgehead atoms. The predicted octanol–water partition coefficient (Wildman–Crippen LogP) is 8.08. The van der Waals surface area contributed by atoms with Crippen LogP contribution >= 0.6 is 35.3 Å². The lowest BCUT2D eigenvalue weighted by molar-refractivity contribution is 0.783. The van der Waals surface area contributed by atoms with E-state index in [1.807, 2.05) is 44.2 Å². The predicted molar refractivity (Wildman–Crippen MR) is 145 cm³/mol. The number of hydrogen-bond acceptors (Lipinski definition) is 4. The highest BCUT2D eigenvalue weighted by molar-refractivity contribution is 8.02. The summed E-state index contributed by atoms with van der Waals surface area (Å²) in [7, 11) is 0. The molecule has 30 heavy (non-hydrogen) atoms. The standard InChI is InChI=1S/C18H16S2.C6H13N.C2H4S/c1-14(2)18(19-3)13-17-12-11-16(20-17)10-9-15-7-5-4-6-8-15;1-3-4-5-6(2)7;1-2-3/h4-8,11-13H,1H2,2-3H3;2-5,7H2,1H3;2H,1H3/b18-13+;;. The van der Waals surface area contributed by atoms with Gasteiger partial charge in [0.15, 0.2) is 0 Å². The number of allylic oxidation sites excluding steroid dienone is 2. The molecule has 0 aliphatic rings. The third kappa shape index (κ3) is 14.0. The Labute approximate surface area is 197 Å². The lowest BCUT2D eigenvalue weighted by Crippen LogP contribution is -1.92. The summed E-state index contributed by atoms with van der Waals surface area (Å²) in [4.78, 5) is 3.52. The lowest BCUT2D eigenvalue weighted by Gasteiger charge is -2.00. The van der Waals surface area contributed by atoms with Gasteiger partial charge >= 0.3 is 0 Å². The number of nitrogens with two attached hydrogens (primary N) is 1. The quantitative estimate of drug-likeness (QED) is 0.271. The van der Waals surface area contributed by atoms with E-state index in [-0.39, 0.29) is 0 Å². The fourth-order valence-electron chi connectivity index (χ4n) is 2.04. The Morgan fingerprint density at radius 2 is 1.80 bits per heavy atom. The van der Waals surface area contributed by atoms with Crippen molar-refractivity contribution in [2.45, 2.75) is 40.0 Å². The van der Waals surface area contributed by atoms with Crippen LogP contribution < -0.4 is 5.73 Å². The van der Waals surface area contributed by atoms with E-state index in [4.69, 9.17) is 5.73 Å². The highest BCUT2D eigenvalue weighted by Crippen LogP contribution is 2.26. The van der Waals surface area contributed by atoms with Gasteiger partial charge in [-0.2, -0.15) is 0 Å². The Bertz CT molecular complexity index is 864. The normalized spacial score (nSPS) is 9.67. The molecule has 0 spiro atoms. The molecule has 0 atom stereocenters. The number of thiocarbonyl (C=S) groups is 1. The van der Waals surface area contributed by atoms with E-state index in [1.165, 1.54) is 22.6 Å².